The van der Waals surface area contributed by atoms with Crippen LogP contribution in [0.25, 0.3) is 0 Å². The van der Waals surface area contributed by atoms with E-state index in [2.05, 4.69) is 0 Å². The second-order valence-electron chi connectivity index (χ2n) is 2.65. The van der Waals surface area contributed by atoms with Gasteiger partial charge < -0.3 is 22.3 Å². The number of carboxylic acid groups (broad SMARTS) is 1. The Kier molecular flexibility index (Phi) is 2.77. The summed E-state index contributed by atoms with van der Waals surface area (Å²) in [7, 11) is 0. The van der Waals surface area contributed by atoms with E-state index >= 15 is 0 Å². The molecule has 0 aromatic heterocycles. The molecule has 0 aliphatic rings. The van der Waals surface area contributed by atoms with Crippen molar-refractivity contribution in [1.82, 2.24) is 0 Å². The lowest BCUT2D eigenvalue weighted by Crippen LogP contribution is -2.51. The molecule has 0 aromatic rings. The molecule has 0 radical (unpaired) electrons. The fraction of sp³-hybridized carbons (Fsp3) is 0.800. The van der Waals surface area contributed by atoms with Crippen LogP contribution < -0.4 is 17.2 Å². The van der Waals surface area contributed by atoms with Crippen LogP contribution in [-0.4, -0.2) is 22.8 Å². The van der Waals surface area contributed by atoms with Gasteiger partial charge in [0, 0.05) is 6.42 Å². The Bertz CT molecular complexity index is 129. The topological polar surface area (TPSA) is 115 Å². The highest BCUT2D eigenvalue weighted by atomic mass is 16.4. The predicted octanol–water partition coefficient (Wildman–Crippen LogP) is -1.58. The van der Waals surface area contributed by atoms with Gasteiger partial charge in [0.25, 0.3) is 0 Å². The quantitative estimate of drug-likeness (QED) is 0.360. The largest absolute Gasteiger partial charge is 0.480 e. The third kappa shape index (κ3) is 4.25. The Morgan fingerprint density at radius 1 is 1.70 bits per heavy atom. The monoisotopic (exact) mass is 147 g/mol. The van der Waals surface area contributed by atoms with Crippen molar-refractivity contribution in [3.63, 3.8) is 0 Å². The van der Waals surface area contributed by atoms with Crippen molar-refractivity contribution >= 4 is 5.97 Å². The molecule has 0 saturated carbocycles. The van der Waals surface area contributed by atoms with E-state index in [1.54, 1.807) is 0 Å². The zero-order valence-electron chi connectivity index (χ0n) is 5.87. The summed E-state index contributed by atoms with van der Waals surface area (Å²) in [6.07, 6.45) is 0.0718. The maximum Gasteiger partial charge on any atom is 0.320 e. The molecule has 0 spiro atoms. The molecule has 10 heavy (non-hydrogen) atoms. The van der Waals surface area contributed by atoms with Gasteiger partial charge in [-0.2, -0.15) is 0 Å². The molecule has 5 heteroatoms. The van der Waals surface area contributed by atoms with Crippen molar-refractivity contribution in [2.75, 3.05) is 0 Å². The zero-order valence-corrected chi connectivity index (χ0v) is 5.87. The van der Waals surface area contributed by atoms with Gasteiger partial charge in [0.15, 0.2) is 0 Å². The van der Waals surface area contributed by atoms with E-state index in [-0.39, 0.29) is 6.42 Å². The minimum absolute atomic E-state index is 0.0718. The summed E-state index contributed by atoms with van der Waals surface area (Å²) >= 11 is 0. The van der Waals surface area contributed by atoms with Gasteiger partial charge in [0.05, 0.1) is 5.66 Å². The summed E-state index contributed by atoms with van der Waals surface area (Å²) in [4.78, 5) is 10.1. The lowest BCUT2D eigenvalue weighted by Gasteiger charge is -2.20. The van der Waals surface area contributed by atoms with Gasteiger partial charge in [-0.15, -0.1) is 0 Å². The molecular formula is C5H13N3O2. The molecule has 0 aliphatic carbocycles. The Morgan fingerprint density at radius 2 is 2.10 bits per heavy atom. The number of carboxylic acids is 1. The van der Waals surface area contributed by atoms with Gasteiger partial charge >= 0.3 is 5.97 Å². The highest BCUT2D eigenvalue weighted by Crippen LogP contribution is 1.99. The Labute approximate surface area is 59.2 Å². The predicted molar refractivity (Wildman–Crippen MR) is 37.0 cm³/mol. The summed E-state index contributed by atoms with van der Waals surface area (Å²) in [5.74, 6) is -1.08. The zero-order chi connectivity index (χ0) is 8.36. The van der Waals surface area contributed by atoms with Crippen molar-refractivity contribution in [2.24, 2.45) is 17.2 Å². The lowest BCUT2D eigenvalue weighted by molar-refractivity contribution is -0.139. The first-order valence-corrected chi connectivity index (χ1v) is 2.89. The third-order valence-electron chi connectivity index (χ3n) is 0.977. The number of nitrogens with two attached hydrogens (primary N) is 3. The Hall–Kier alpha value is -0.650. The van der Waals surface area contributed by atoms with Crippen molar-refractivity contribution in [1.29, 1.82) is 0 Å². The van der Waals surface area contributed by atoms with Crippen LogP contribution in [0.2, 0.25) is 0 Å². The summed E-state index contributed by atoms with van der Waals surface area (Å²) in [6.45, 7) is 1.52. The molecule has 0 rings (SSSR count). The van der Waals surface area contributed by atoms with Crippen LogP contribution >= 0.6 is 0 Å². The molecule has 0 bridgehead atoms. The Balaban J connectivity index is 3.80. The van der Waals surface area contributed by atoms with Crippen LogP contribution in [0, 0.1) is 0 Å². The van der Waals surface area contributed by atoms with Crippen LogP contribution in [0.1, 0.15) is 13.3 Å². The fourth-order valence-corrected chi connectivity index (χ4v) is 0.561. The van der Waals surface area contributed by atoms with E-state index in [0.717, 1.165) is 0 Å². The minimum Gasteiger partial charge on any atom is -0.480 e. The fourth-order valence-electron chi connectivity index (χ4n) is 0.561. The first-order chi connectivity index (χ1) is 4.33. The second kappa shape index (κ2) is 2.96. The maximum atomic E-state index is 10.1. The van der Waals surface area contributed by atoms with E-state index in [0.29, 0.717) is 0 Å². The van der Waals surface area contributed by atoms with Crippen LogP contribution in [0.4, 0.5) is 0 Å². The van der Waals surface area contributed by atoms with Crippen molar-refractivity contribution < 1.29 is 9.90 Å². The van der Waals surface area contributed by atoms with E-state index in [1.165, 1.54) is 6.92 Å². The van der Waals surface area contributed by atoms with Crippen molar-refractivity contribution in [3.05, 3.63) is 0 Å². The molecule has 0 heterocycles. The van der Waals surface area contributed by atoms with Gasteiger partial charge in [-0.3, -0.25) is 4.79 Å². The molecule has 0 aromatic carbocycles. The first kappa shape index (κ1) is 9.35. The Morgan fingerprint density at radius 3 is 2.20 bits per heavy atom. The molecule has 0 fully saturated rings. The summed E-state index contributed by atoms with van der Waals surface area (Å²) in [5.41, 5.74) is 14.8. The van der Waals surface area contributed by atoms with Crippen LogP contribution in [0.3, 0.4) is 0 Å². The molecule has 7 N–H and O–H groups in total. The van der Waals surface area contributed by atoms with Crippen LogP contribution in [-0.2, 0) is 4.79 Å². The van der Waals surface area contributed by atoms with Crippen molar-refractivity contribution in [3.8, 4) is 0 Å². The normalized spacial score (nSPS) is 14.8. The third-order valence-corrected chi connectivity index (χ3v) is 0.977. The first-order valence-electron chi connectivity index (χ1n) is 2.89. The standard InChI is InChI=1S/C5H13N3O2/c1-5(7,8)2-3(6)4(9)10/h3H,2,6-8H2,1H3,(H,9,10)/t3-/m0/s1. The molecule has 0 unspecified atom stereocenters. The van der Waals surface area contributed by atoms with E-state index in [9.17, 15) is 4.79 Å². The summed E-state index contributed by atoms with van der Waals surface area (Å²) in [6, 6.07) is -0.972. The lowest BCUT2D eigenvalue weighted by atomic mass is 10.1. The van der Waals surface area contributed by atoms with Gasteiger partial charge in [-0.1, -0.05) is 0 Å². The second-order valence-corrected chi connectivity index (χ2v) is 2.65. The summed E-state index contributed by atoms with van der Waals surface area (Å²) in [5, 5.41) is 8.31. The highest BCUT2D eigenvalue weighted by molar-refractivity contribution is 5.73. The van der Waals surface area contributed by atoms with E-state index in [1.807, 2.05) is 0 Å². The van der Waals surface area contributed by atoms with Crippen molar-refractivity contribution in [2.45, 2.75) is 25.0 Å². The van der Waals surface area contributed by atoms with Gasteiger partial charge in [-0.25, -0.2) is 0 Å². The van der Waals surface area contributed by atoms with E-state index in [4.69, 9.17) is 22.3 Å². The molecular weight excluding hydrogens is 134 g/mol. The minimum atomic E-state index is -1.08. The van der Waals surface area contributed by atoms with Gasteiger partial charge in [-0.05, 0) is 6.92 Å². The molecule has 0 aliphatic heterocycles. The molecule has 0 saturated heterocycles. The SMILES string of the molecule is CC(N)(N)C[C@H](N)C(=O)O. The number of hydrogen-bond acceptors (Lipinski definition) is 4. The molecule has 0 amide bonds. The van der Waals surface area contributed by atoms with Crippen LogP contribution in [0.5, 0.6) is 0 Å². The molecule has 5 nitrogen and oxygen atoms in total. The number of hydrogen-bond donors (Lipinski definition) is 4. The average Bonchev–Trinajstić information content (AvgIpc) is 1.60. The number of aliphatic carboxylic acids is 1. The van der Waals surface area contributed by atoms with E-state index < -0.39 is 17.7 Å². The van der Waals surface area contributed by atoms with Crippen LogP contribution in [0.15, 0.2) is 0 Å². The number of rotatable bonds is 3. The average molecular weight is 147 g/mol. The maximum absolute atomic E-state index is 10.1. The van der Waals surface area contributed by atoms with Gasteiger partial charge in [0.2, 0.25) is 0 Å². The highest BCUT2D eigenvalue weighted by Gasteiger charge is 2.20. The summed E-state index contributed by atoms with van der Waals surface area (Å²) < 4.78 is 0. The molecule has 60 valence electrons. The molecule has 1 atom stereocenters. The van der Waals surface area contributed by atoms with Gasteiger partial charge in [0.1, 0.15) is 6.04 Å². The smallest absolute Gasteiger partial charge is 0.320 e. The number of carbonyl (C=O) groups is 1.